The second kappa shape index (κ2) is 6.20. The van der Waals surface area contributed by atoms with Crippen molar-refractivity contribution < 1.29 is 9.84 Å². The fourth-order valence-electron chi connectivity index (χ4n) is 2.43. The Morgan fingerprint density at radius 3 is 2.67 bits per heavy atom. The van der Waals surface area contributed by atoms with Crippen LogP contribution in [0.25, 0.3) is 10.9 Å². The first-order valence-electron chi connectivity index (χ1n) is 6.84. The van der Waals surface area contributed by atoms with Crippen LogP contribution in [0.1, 0.15) is 5.56 Å². The summed E-state index contributed by atoms with van der Waals surface area (Å²) in [7, 11) is 0. The number of aromatic nitrogens is 1. The monoisotopic (exact) mass is 301 g/mol. The zero-order chi connectivity index (χ0) is 14.7. The van der Waals surface area contributed by atoms with Crippen molar-refractivity contribution in [3.63, 3.8) is 0 Å². The van der Waals surface area contributed by atoms with Crippen molar-refractivity contribution in [2.75, 3.05) is 6.61 Å². The summed E-state index contributed by atoms with van der Waals surface area (Å²) in [6, 6.07) is 15.4. The molecule has 1 aromatic heterocycles. The summed E-state index contributed by atoms with van der Waals surface area (Å²) in [4.78, 5) is 0. The highest BCUT2D eigenvalue weighted by atomic mass is 35.5. The van der Waals surface area contributed by atoms with E-state index >= 15 is 0 Å². The van der Waals surface area contributed by atoms with Crippen molar-refractivity contribution in [2.24, 2.45) is 0 Å². The number of aliphatic hydroxyl groups excluding tert-OH is 1. The normalized spacial score (nSPS) is 11.0. The van der Waals surface area contributed by atoms with Gasteiger partial charge in [0.1, 0.15) is 12.4 Å². The number of hydrogen-bond donors (Lipinski definition) is 1. The van der Waals surface area contributed by atoms with Crippen molar-refractivity contribution in [2.45, 2.75) is 13.2 Å². The molecular weight excluding hydrogens is 286 g/mol. The summed E-state index contributed by atoms with van der Waals surface area (Å²) in [5, 5.41) is 11.2. The van der Waals surface area contributed by atoms with Gasteiger partial charge in [0.25, 0.3) is 0 Å². The molecule has 2 aromatic carbocycles. The van der Waals surface area contributed by atoms with Gasteiger partial charge in [-0.05, 0) is 24.3 Å². The molecule has 0 spiro atoms. The highest BCUT2D eigenvalue weighted by Gasteiger charge is 2.08. The molecule has 0 atom stereocenters. The van der Waals surface area contributed by atoms with Crippen molar-refractivity contribution in [3.05, 3.63) is 65.3 Å². The Morgan fingerprint density at radius 1 is 1.10 bits per heavy atom. The molecule has 1 heterocycles. The number of halogens is 1. The van der Waals surface area contributed by atoms with E-state index in [4.69, 9.17) is 16.3 Å². The Kier molecular flexibility index (Phi) is 4.13. The van der Waals surface area contributed by atoms with Gasteiger partial charge in [0.15, 0.2) is 0 Å². The van der Waals surface area contributed by atoms with Gasteiger partial charge in [-0.1, -0.05) is 35.9 Å². The van der Waals surface area contributed by atoms with Gasteiger partial charge in [-0.2, -0.15) is 0 Å². The second-order valence-electron chi connectivity index (χ2n) is 4.83. The maximum atomic E-state index is 9.44. The van der Waals surface area contributed by atoms with E-state index in [2.05, 4.69) is 4.57 Å². The minimum atomic E-state index is 0.0185. The van der Waals surface area contributed by atoms with E-state index in [0.29, 0.717) is 18.2 Å². The Morgan fingerprint density at radius 2 is 1.90 bits per heavy atom. The topological polar surface area (TPSA) is 34.4 Å². The quantitative estimate of drug-likeness (QED) is 0.776. The van der Waals surface area contributed by atoms with Gasteiger partial charge in [0, 0.05) is 27.7 Å². The van der Waals surface area contributed by atoms with Crippen LogP contribution in [0, 0.1) is 0 Å². The van der Waals surface area contributed by atoms with Crippen LogP contribution in [0.3, 0.4) is 0 Å². The fourth-order valence-corrected chi connectivity index (χ4v) is 2.60. The van der Waals surface area contributed by atoms with Crippen LogP contribution in [0.5, 0.6) is 5.75 Å². The lowest BCUT2D eigenvalue weighted by Gasteiger charge is -2.08. The minimum Gasteiger partial charge on any atom is -0.492 e. The summed E-state index contributed by atoms with van der Waals surface area (Å²) in [6.07, 6.45) is 1.95. The van der Waals surface area contributed by atoms with E-state index < -0.39 is 0 Å². The minimum absolute atomic E-state index is 0.0185. The van der Waals surface area contributed by atoms with Crippen molar-refractivity contribution in [1.29, 1.82) is 0 Å². The number of para-hydroxylation sites is 1. The van der Waals surface area contributed by atoms with Gasteiger partial charge < -0.3 is 14.4 Å². The lowest BCUT2D eigenvalue weighted by atomic mass is 10.2. The summed E-state index contributed by atoms with van der Waals surface area (Å²) in [5.74, 6) is 0.856. The summed E-state index contributed by atoms with van der Waals surface area (Å²) in [5.41, 5.74) is 1.92. The van der Waals surface area contributed by atoms with Gasteiger partial charge >= 0.3 is 0 Å². The van der Waals surface area contributed by atoms with Crippen LogP contribution in [-0.2, 0) is 13.2 Å². The van der Waals surface area contributed by atoms with Crippen LogP contribution in [0.15, 0.2) is 54.7 Å². The van der Waals surface area contributed by atoms with E-state index in [1.165, 1.54) is 0 Å². The van der Waals surface area contributed by atoms with Crippen LogP contribution >= 0.6 is 11.6 Å². The highest BCUT2D eigenvalue weighted by molar-refractivity contribution is 6.31. The van der Waals surface area contributed by atoms with Crippen molar-refractivity contribution in [1.82, 2.24) is 4.57 Å². The van der Waals surface area contributed by atoms with E-state index in [0.717, 1.165) is 22.2 Å². The molecule has 0 amide bonds. The van der Waals surface area contributed by atoms with Crippen LogP contribution in [-0.4, -0.2) is 16.3 Å². The van der Waals surface area contributed by atoms with Gasteiger partial charge in [0.05, 0.1) is 13.2 Å². The number of rotatable bonds is 5. The average Bonchev–Trinajstić information content (AvgIpc) is 2.86. The van der Waals surface area contributed by atoms with E-state index in [1.54, 1.807) is 0 Å². The van der Waals surface area contributed by atoms with Gasteiger partial charge in [-0.3, -0.25) is 0 Å². The Balaban J connectivity index is 1.79. The first-order valence-corrected chi connectivity index (χ1v) is 7.21. The Hall–Kier alpha value is -1.97. The Bertz CT molecular complexity index is 737. The largest absolute Gasteiger partial charge is 0.492 e. The number of nitrogens with zero attached hydrogens (tertiary/aromatic N) is 1. The highest BCUT2D eigenvalue weighted by Crippen LogP contribution is 2.25. The smallest absolute Gasteiger partial charge is 0.119 e. The molecule has 0 unspecified atom stereocenters. The zero-order valence-electron chi connectivity index (χ0n) is 11.5. The lowest BCUT2D eigenvalue weighted by molar-refractivity contribution is 0.281. The third kappa shape index (κ3) is 3.04. The molecule has 0 saturated heterocycles. The molecule has 0 radical (unpaired) electrons. The third-order valence-corrected chi connectivity index (χ3v) is 3.68. The SMILES string of the molecule is OCc1cn(CCOc2ccccc2)c2cc(Cl)ccc12. The molecule has 108 valence electrons. The number of hydrogen-bond acceptors (Lipinski definition) is 2. The molecule has 4 heteroatoms. The van der Waals surface area contributed by atoms with Crippen LogP contribution < -0.4 is 4.74 Å². The molecule has 0 bridgehead atoms. The standard InChI is InChI=1S/C17H16ClNO2/c18-14-6-7-16-13(12-20)11-19(17(16)10-14)8-9-21-15-4-2-1-3-5-15/h1-7,10-11,20H,8-9,12H2. The lowest BCUT2D eigenvalue weighted by Crippen LogP contribution is -2.07. The average molecular weight is 302 g/mol. The summed E-state index contributed by atoms with van der Waals surface area (Å²) in [6.45, 7) is 1.28. The summed E-state index contributed by atoms with van der Waals surface area (Å²) >= 11 is 6.07. The first kappa shape index (κ1) is 14.0. The van der Waals surface area contributed by atoms with Crippen LogP contribution in [0.2, 0.25) is 5.02 Å². The molecule has 3 aromatic rings. The van der Waals surface area contributed by atoms with E-state index in [9.17, 15) is 5.11 Å². The first-order chi connectivity index (χ1) is 10.3. The zero-order valence-corrected chi connectivity index (χ0v) is 12.3. The molecular formula is C17H16ClNO2. The maximum absolute atomic E-state index is 9.44. The molecule has 0 aliphatic carbocycles. The summed E-state index contributed by atoms with van der Waals surface area (Å²) < 4.78 is 7.78. The third-order valence-electron chi connectivity index (χ3n) is 3.44. The molecule has 0 saturated carbocycles. The fraction of sp³-hybridized carbons (Fsp3) is 0.176. The second-order valence-corrected chi connectivity index (χ2v) is 5.27. The molecule has 3 rings (SSSR count). The molecule has 21 heavy (non-hydrogen) atoms. The molecule has 1 N–H and O–H groups in total. The van der Waals surface area contributed by atoms with Gasteiger partial charge in [-0.25, -0.2) is 0 Å². The molecule has 3 nitrogen and oxygen atoms in total. The molecule has 0 aliphatic rings. The van der Waals surface area contributed by atoms with Crippen LogP contribution in [0.4, 0.5) is 0 Å². The van der Waals surface area contributed by atoms with Gasteiger partial charge in [0.2, 0.25) is 0 Å². The van der Waals surface area contributed by atoms with Gasteiger partial charge in [-0.15, -0.1) is 0 Å². The molecule has 0 aliphatic heterocycles. The number of fused-ring (bicyclic) bond motifs is 1. The number of ether oxygens (including phenoxy) is 1. The predicted molar refractivity (Wildman–Crippen MR) is 84.8 cm³/mol. The maximum Gasteiger partial charge on any atom is 0.119 e. The van der Waals surface area contributed by atoms with E-state index in [1.807, 2.05) is 54.7 Å². The van der Waals surface area contributed by atoms with E-state index in [-0.39, 0.29) is 6.61 Å². The number of benzene rings is 2. The predicted octanol–water partition coefficient (Wildman–Crippen LogP) is 3.87. The Labute approximate surface area is 128 Å². The van der Waals surface area contributed by atoms with Crippen molar-refractivity contribution in [3.8, 4) is 5.75 Å². The number of aliphatic hydroxyl groups is 1. The molecule has 0 fully saturated rings. The van der Waals surface area contributed by atoms with Crippen molar-refractivity contribution >= 4 is 22.5 Å².